The van der Waals surface area contributed by atoms with Gasteiger partial charge in [-0.25, -0.2) is 0 Å². The second-order valence-corrected chi connectivity index (χ2v) is 4.77. The van der Waals surface area contributed by atoms with Gasteiger partial charge < -0.3 is 4.74 Å². The zero-order chi connectivity index (χ0) is 13.4. The van der Waals surface area contributed by atoms with Crippen LogP contribution in [0.4, 0.5) is 0 Å². The molecule has 0 aliphatic heterocycles. The molecule has 1 aromatic carbocycles. The van der Waals surface area contributed by atoms with Gasteiger partial charge in [0.15, 0.2) is 0 Å². The van der Waals surface area contributed by atoms with E-state index in [4.69, 9.17) is 4.74 Å². The number of hydrogen-bond acceptors (Lipinski definition) is 2. The van der Waals surface area contributed by atoms with Crippen molar-refractivity contribution in [3.63, 3.8) is 0 Å². The molecule has 0 heterocycles. The summed E-state index contributed by atoms with van der Waals surface area (Å²) >= 11 is 0. The molecule has 1 rings (SSSR count). The lowest BCUT2D eigenvalue weighted by atomic mass is 9.90. The van der Waals surface area contributed by atoms with Crippen molar-refractivity contribution in [2.45, 2.75) is 46.0 Å². The first kappa shape index (κ1) is 14.7. The van der Waals surface area contributed by atoms with Crippen LogP contribution in [0, 0.1) is 5.92 Å². The summed E-state index contributed by atoms with van der Waals surface area (Å²) < 4.78 is 5.18. The van der Waals surface area contributed by atoms with Crippen molar-refractivity contribution >= 4 is 5.78 Å². The molecular weight excluding hydrogens is 224 g/mol. The van der Waals surface area contributed by atoms with Crippen LogP contribution >= 0.6 is 0 Å². The highest BCUT2D eigenvalue weighted by Gasteiger charge is 2.16. The Morgan fingerprint density at radius 3 is 2.44 bits per heavy atom. The Bertz CT molecular complexity index is 365. The molecule has 100 valence electrons. The molecule has 0 aliphatic carbocycles. The van der Waals surface area contributed by atoms with Crippen molar-refractivity contribution in [3.05, 3.63) is 29.8 Å². The topological polar surface area (TPSA) is 26.3 Å². The molecule has 1 aromatic rings. The minimum atomic E-state index is 0.228. The molecule has 18 heavy (non-hydrogen) atoms. The van der Waals surface area contributed by atoms with Gasteiger partial charge in [-0.05, 0) is 30.5 Å². The van der Waals surface area contributed by atoms with Gasteiger partial charge >= 0.3 is 0 Å². The molecule has 0 fully saturated rings. The summed E-state index contributed by atoms with van der Waals surface area (Å²) in [6.45, 7) is 4.28. The predicted octanol–water partition coefficient (Wildman–Crippen LogP) is 4.02. The number of hydrogen-bond donors (Lipinski definition) is 0. The minimum Gasteiger partial charge on any atom is -0.497 e. The molecule has 2 heteroatoms. The van der Waals surface area contributed by atoms with E-state index in [0.29, 0.717) is 12.2 Å². The van der Waals surface area contributed by atoms with Crippen LogP contribution in [0.1, 0.15) is 45.1 Å². The summed E-state index contributed by atoms with van der Waals surface area (Å²) in [6, 6.07) is 7.79. The summed E-state index contributed by atoms with van der Waals surface area (Å²) in [4.78, 5) is 12.3. The molecule has 0 aromatic heterocycles. The molecule has 0 saturated heterocycles. The maximum Gasteiger partial charge on any atom is 0.140 e. The third kappa shape index (κ3) is 4.52. The number of carbonyl (C=O) groups is 1. The fourth-order valence-electron chi connectivity index (χ4n) is 2.29. The van der Waals surface area contributed by atoms with Gasteiger partial charge in [-0.3, -0.25) is 4.79 Å². The van der Waals surface area contributed by atoms with E-state index < -0.39 is 0 Å². The quantitative estimate of drug-likeness (QED) is 0.694. The lowest BCUT2D eigenvalue weighted by Gasteiger charge is -2.14. The van der Waals surface area contributed by atoms with Crippen LogP contribution in [0.25, 0.3) is 0 Å². The van der Waals surface area contributed by atoms with Gasteiger partial charge in [0, 0.05) is 12.3 Å². The SMILES string of the molecule is CCCC(CCC)C(=O)Cc1cccc(OC)c1. The summed E-state index contributed by atoms with van der Waals surface area (Å²) in [5, 5.41) is 0. The van der Waals surface area contributed by atoms with Gasteiger partial charge in [0.05, 0.1) is 7.11 Å². The highest BCUT2D eigenvalue weighted by atomic mass is 16.5. The van der Waals surface area contributed by atoms with Crippen LogP contribution in [0.2, 0.25) is 0 Å². The van der Waals surface area contributed by atoms with Crippen LogP contribution in [-0.4, -0.2) is 12.9 Å². The Labute approximate surface area is 110 Å². The standard InChI is InChI=1S/C16H24O2/c1-4-7-14(8-5-2)16(17)12-13-9-6-10-15(11-13)18-3/h6,9-11,14H,4-5,7-8,12H2,1-3H3. The third-order valence-electron chi connectivity index (χ3n) is 3.24. The second-order valence-electron chi connectivity index (χ2n) is 4.77. The van der Waals surface area contributed by atoms with E-state index in [9.17, 15) is 4.79 Å². The molecule has 0 bridgehead atoms. The highest BCUT2D eigenvalue weighted by molar-refractivity contribution is 5.83. The summed E-state index contributed by atoms with van der Waals surface area (Å²) in [5.74, 6) is 1.42. The van der Waals surface area contributed by atoms with Gasteiger partial charge in [-0.1, -0.05) is 38.8 Å². The Morgan fingerprint density at radius 1 is 1.22 bits per heavy atom. The lowest BCUT2D eigenvalue weighted by molar-refractivity contribution is -0.122. The summed E-state index contributed by atoms with van der Waals surface area (Å²) in [5.41, 5.74) is 1.05. The second kappa shape index (κ2) is 7.91. The van der Waals surface area contributed by atoms with E-state index in [-0.39, 0.29) is 5.92 Å². The Morgan fingerprint density at radius 2 is 1.89 bits per heavy atom. The Kier molecular flexibility index (Phi) is 6.48. The summed E-state index contributed by atoms with van der Waals surface area (Å²) in [7, 11) is 1.65. The van der Waals surface area contributed by atoms with Gasteiger partial charge in [-0.15, -0.1) is 0 Å². The lowest BCUT2D eigenvalue weighted by Crippen LogP contribution is -2.16. The molecule has 0 saturated carbocycles. The summed E-state index contributed by atoms with van der Waals surface area (Å²) in [6.07, 6.45) is 4.71. The molecule has 0 spiro atoms. The first-order chi connectivity index (χ1) is 8.71. The molecule has 0 unspecified atom stereocenters. The van der Waals surface area contributed by atoms with E-state index in [0.717, 1.165) is 37.0 Å². The number of rotatable bonds is 8. The van der Waals surface area contributed by atoms with Crippen LogP contribution in [0.15, 0.2) is 24.3 Å². The third-order valence-corrected chi connectivity index (χ3v) is 3.24. The van der Waals surface area contributed by atoms with Crippen molar-refractivity contribution in [2.24, 2.45) is 5.92 Å². The van der Waals surface area contributed by atoms with E-state index in [1.54, 1.807) is 7.11 Å². The molecule has 0 aliphatic rings. The monoisotopic (exact) mass is 248 g/mol. The molecule has 0 N–H and O–H groups in total. The van der Waals surface area contributed by atoms with Crippen molar-refractivity contribution in [1.82, 2.24) is 0 Å². The number of benzene rings is 1. The number of carbonyl (C=O) groups excluding carboxylic acids is 1. The van der Waals surface area contributed by atoms with Crippen LogP contribution in [0.5, 0.6) is 5.75 Å². The van der Waals surface area contributed by atoms with Crippen LogP contribution in [0.3, 0.4) is 0 Å². The van der Waals surface area contributed by atoms with Crippen LogP contribution in [-0.2, 0) is 11.2 Å². The van der Waals surface area contributed by atoms with Crippen molar-refractivity contribution in [1.29, 1.82) is 0 Å². The molecule has 0 amide bonds. The number of ether oxygens (including phenoxy) is 1. The molecule has 2 nitrogen and oxygen atoms in total. The number of methoxy groups -OCH3 is 1. The average molecular weight is 248 g/mol. The Hall–Kier alpha value is -1.31. The number of ketones is 1. The van der Waals surface area contributed by atoms with E-state index in [1.807, 2.05) is 24.3 Å². The van der Waals surface area contributed by atoms with Gasteiger partial charge in [0.25, 0.3) is 0 Å². The van der Waals surface area contributed by atoms with Crippen molar-refractivity contribution in [3.8, 4) is 5.75 Å². The van der Waals surface area contributed by atoms with E-state index >= 15 is 0 Å². The normalized spacial score (nSPS) is 10.7. The highest BCUT2D eigenvalue weighted by Crippen LogP contribution is 2.19. The predicted molar refractivity (Wildman–Crippen MR) is 75.0 cm³/mol. The van der Waals surface area contributed by atoms with E-state index in [2.05, 4.69) is 13.8 Å². The smallest absolute Gasteiger partial charge is 0.140 e. The zero-order valence-electron chi connectivity index (χ0n) is 11.7. The minimum absolute atomic E-state index is 0.228. The molecular formula is C16H24O2. The van der Waals surface area contributed by atoms with Gasteiger partial charge in [0.1, 0.15) is 11.5 Å². The van der Waals surface area contributed by atoms with Gasteiger partial charge in [0.2, 0.25) is 0 Å². The maximum atomic E-state index is 12.3. The zero-order valence-corrected chi connectivity index (χ0v) is 11.7. The van der Waals surface area contributed by atoms with Crippen molar-refractivity contribution in [2.75, 3.05) is 7.11 Å². The fraction of sp³-hybridized carbons (Fsp3) is 0.562. The van der Waals surface area contributed by atoms with Gasteiger partial charge in [-0.2, -0.15) is 0 Å². The fourth-order valence-corrected chi connectivity index (χ4v) is 2.29. The number of Topliss-reactive ketones (excluding diaryl/α,β-unsaturated/α-hetero) is 1. The Balaban J connectivity index is 2.66. The van der Waals surface area contributed by atoms with Crippen molar-refractivity contribution < 1.29 is 9.53 Å². The molecule has 0 atom stereocenters. The first-order valence-electron chi connectivity index (χ1n) is 6.86. The largest absolute Gasteiger partial charge is 0.497 e. The molecule has 0 radical (unpaired) electrons. The van der Waals surface area contributed by atoms with E-state index in [1.165, 1.54) is 0 Å². The average Bonchev–Trinajstić information content (AvgIpc) is 2.38. The first-order valence-corrected chi connectivity index (χ1v) is 6.86. The maximum absolute atomic E-state index is 12.3. The van der Waals surface area contributed by atoms with Crippen LogP contribution < -0.4 is 4.74 Å².